The largest absolute Gasteiger partial charge is 0.471 e. The fourth-order valence-electron chi connectivity index (χ4n) is 2.55. The van der Waals surface area contributed by atoms with Gasteiger partial charge in [-0.15, -0.1) is 0 Å². The first-order chi connectivity index (χ1) is 9.29. The number of alkyl halides is 3. The van der Waals surface area contributed by atoms with Gasteiger partial charge in [-0.25, -0.2) is 0 Å². The molecule has 0 radical (unpaired) electrons. The van der Waals surface area contributed by atoms with Gasteiger partial charge in [0, 0.05) is 18.6 Å². The van der Waals surface area contributed by atoms with Gasteiger partial charge in [-0.2, -0.15) is 13.2 Å². The van der Waals surface area contributed by atoms with Gasteiger partial charge in [0.1, 0.15) is 0 Å². The van der Waals surface area contributed by atoms with Crippen LogP contribution >= 0.6 is 0 Å². The molecule has 0 spiro atoms. The molecule has 0 aromatic carbocycles. The van der Waals surface area contributed by atoms with Crippen LogP contribution in [0.5, 0.6) is 0 Å². The second-order valence-corrected chi connectivity index (χ2v) is 5.95. The van der Waals surface area contributed by atoms with E-state index in [9.17, 15) is 23.1 Å². The zero-order chi connectivity index (χ0) is 14.9. The Balaban J connectivity index is 1.88. The summed E-state index contributed by atoms with van der Waals surface area (Å²) < 4.78 is 37.5. The van der Waals surface area contributed by atoms with Crippen molar-refractivity contribution in [1.82, 2.24) is 4.90 Å². The SMILES string of the molecule is N[C@@H](CC1CCC1)C(O)CN(C(=O)C(F)(F)F)C1CC1. The standard InChI is InChI=1S/C13H21F3N2O2/c14-13(15,16)12(20)18(9-4-5-9)7-11(19)10(17)6-8-2-1-3-8/h8-11,19H,1-7,17H2/t10-,11?/m0/s1. The fourth-order valence-corrected chi connectivity index (χ4v) is 2.55. The molecule has 1 amide bonds. The first kappa shape index (κ1) is 15.6. The predicted molar refractivity (Wildman–Crippen MR) is 66.7 cm³/mol. The first-order valence-corrected chi connectivity index (χ1v) is 7.10. The van der Waals surface area contributed by atoms with Crippen molar-refractivity contribution in [2.45, 2.75) is 62.9 Å². The maximum absolute atomic E-state index is 12.5. The number of carbonyl (C=O) groups is 1. The van der Waals surface area contributed by atoms with Crippen LogP contribution in [0.3, 0.4) is 0 Å². The number of halogens is 3. The van der Waals surface area contributed by atoms with Crippen molar-refractivity contribution >= 4 is 5.91 Å². The summed E-state index contributed by atoms with van der Waals surface area (Å²) in [6.07, 6.45) is -0.974. The number of aliphatic hydroxyl groups is 1. The second-order valence-electron chi connectivity index (χ2n) is 5.95. The molecule has 2 atom stereocenters. The lowest BCUT2D eigenvalue weighted by Gasteiger charge is -2.32. The van der Waals surface area contributed by atoms with Gasteiger partial charge < -0.3 is 15.7 Å². The topological polar surface area (TPSA) is 66.6 Å². The molecule has 1 unspecified atom stereocenters. The molecule has 0 saturated heterocycles. The second kappa shape index (κ2) is 5.89. The number of hydrogen-bond acceptors (Lipinski definition) is 3. The fraction of sp³-hybridized carbons (Fsp3) is 0.923. The van der Waals surface area contributed by atoms with Gasteiger partial charge in [-0.05, 0) is 25.2 Å². The molecule has 2 aliphatic carbocycles. The van der Waals surface area contributed by atoms with Crippen LogP contribution in [0, 0.1) is 5.92 Å². The maximum atomic E-state index is 12.5. The smallest absolute Gasteiger partial charge is 0.390 e. The zero-order valence-electron chi connectivity index (χ0n) is 11.3. The highest BCUT2D eigenvalue weighted by atomic mass is 19.4. The highest BCUT2D eigenvalue weighted by Crippen LogP contribution is 2.33. The number of rotatable bonds is 6. The van der Waals surface area contributed by atoms with E-state index in [2.05, 4.69) is 0 Å². The van der Waals surface area contributed by atoms with Crippen LogP contribution in [0.25, 0.3) is 0 Å². The third-order valence-electron chi connectivity index (χ3n) is 4.20. The van der Waals surface area contributed by atoms with Crippen LogP contribution in [-0.2, 0) is 4.79 Å². The van der Waals surface area contributed by atoms with Crippen molar-refractivity contribution in [3.8, 4) is 0 Å². The van der Waals surface area contributed by atoms with Crippen LogP contribution in [0.1, 0.15) is 38.5 Å². The van der Waals surface area contributed by atoms with E-state index in [1.165, 1.54) is 0 Å². The van der Waals surface area contributed by atoms with Crippen molar-refractivity contribution in [2.24, 2.45) is 11.7 Å². The zero-order valence-corrected chi connectivity index (χ0v) is 11.3. The minimum atomic E-state index is -4.89. The summed E-state index contributed by atoms with van der Waals surface area (Å²) in [5, 5.41) is 9.96. The monoisotopic (exact) mass is 294 g/mol. The lowest BCUT2D eigenvalue weighted by atomic mass is 9.80. The molecule has 2 aliphatic rings. The van der Waals surface area contributed by atoms with Crippen LogP contribution in [0.4, 0.5) is 13.2 Å². The van der Waals surface area contributed by atoms with E-state index in [1.807, 2.05) is 0 Å². The Morgan fingerprint density at radius 3 is 2.30 bits per heavy atom. The third kappa shape index (κ3) is 3.85. The summed E-state index contributed by atoms with van der Waals surface area (Å²) in [7, 11) is 0. The van der Waals surface area contributed by atoms with Crippen LogP contribution in [0.15, 0.2) is 0 Å². The molecule has 0 bridgehead atoms. The average Bonchev–Trinajstić information content (AvgIpc) is 3.12. The number of hydrogen-bond donors (Lipinski definition) is 2. The quantitative estimate of drug-likeness (QED) is 0.778. The van der Waals surface area contributed by atoms with Crippen molar-refractivity contribution in [1.29, 1.82) is 0 Å². The lowest BCUT2D eigenvalue weighted by Crippen LogP contribution is -2.50. The minimum absolute atomic E-state index is 0.323. The number of nitrogens with zero attached hydrogens (tertiary/aromatic N) is 1. The van der Waals surface area contributed by atoms with E-state index in [-0.39, 0.29) is 6.54 Å². The molecule has 2 saturated carbocycles. The van der Waals surface area contributed by atoms with E-state index in [0.717, 1.165) is 24.2 Å². The molecule has 116 valence electrons. The van der Waals surface area contributed by atoms with Gasteiger partial charge in [0.2, 0.25) is 0 Å². The third-order valence-corrected chi connectivity index (χ3v) is 4.20. The molecule has 2 rings (SSSR count). The number of amides is 1. The number of nitrogens with two attached hydrogens (primary N) is 1. The molecule has 0 aromatic rings. The predicted octanol–water partition coefficient (Wildman–Crippen LogP) is 1.42. The average molecular weight is 294 g/mol. The maximum Gasteiger partial charge on any atom is 0.471 e. The Hall–Kier alpha value is -0.820. The molecule has 0 aliphatic heterocycles. The number of carbonyl (C=O) groups excluding carboxylic acids is 1. The van der Waals surface area contributed by atoms with Crippen molar-refractivity contribution in [3.63, 3.8) is 0 Å². The van der Waals surface area contributed by atoms with Crippen molar-refractivity contribution in [3.05, 3.63) is 0 Å². The molecule has 4 nitrogen and oxygen atoms in total. The van der Waals surface area contributed by atoms with E-state index in [0.29, 0.717) is 25.2 Å². The first-order valence-electron chi connectivity index (χ1n) is 7.10. The summed E-state index contributed by atoms with van der Waals surface area (Å²) in [6, 6.07) is -0.961. The molecule has 0 heterocycles. The summed E-state index contributed by atoms with van der Waals surface area (Å²) in [6.45, 7) is -0.323. The minimum Gasteiger partial charge on any atom is -0.390 e. The number of aliphatic hydroxyl groups excluding tert-OH is 1. The van der Waals surface area contributed by atoms with E-state index < -0.39 is 30.3 Å². The Kier molecular flexibility index (Phi) is 4.59. The van der Waals surface area contributed by atoms with Gasteiger partial charge in [-0.3, -0.25) is 4.79 Å². The van der Waals surface area contributed by atoms with Crippen molar-refractivity contribution < 1.29 is 23.1 Å². The summed E-state index contributed by atoms with van der Waals surface area (Å²) >= 11 is 0. The molecular formula is C13H21F3N2O2. The van der Waals surface area contributed by atoms with Crippen molar-refractivity contribution in [2.75, 3.05) is 6.54 Å². The van der Waals surface area contributed by atoms with Gasteiger partial charge in [0.25, 0.3) is 0 Å². The van der Waals surface area contributed by atoms with Gasteiger partial charge in [0.15, 0.2) is 0 Å². The van der Waals surface area contributed by atoms with E-state index >= 15 is 0 Å². The highest BCUT2D eigenvalue weighted by Gasteiger charge is 2.47. The van der Waals surface area contributed by atoms with E-state index in [4.69, 9.17) is 5.73 Å². The summed E-state index contributed by atoms with van der Waals surface area (Å²) in [4.78, 5) is 12.1. The molecule has 0 aromatic heterocycles. The van der Waals surface area contributed by atoms with Crippen LogP contribution < -0.4 is 5.73 Å². The van der Waals surface area contributed by atoms with Gasteiger partial charge in [-0.1, -0.05) is 19.3 Å². The summed E-state index contributed by atoms with van der Waals surface area (Å²) in [5.74, 6) is -1.40. The Morgan fingerprint density at radius 2 is 1.90 bits per heavy atom. The van der Waals surface area contributed by atoms with Gasteiger partial charge >= 0.3 is 12.1 Å². The van der Waals surface area contributed by atoms with E-state index in [1.54, 1.807) is 0 Å². The van der Waals surface area contributed by atoms with Crippen LogP contribution in [-0.4, -0.2) is 46.8 Å². The molecule has 7 heteroatoms. The van der Waals surface area contributed by atoms with Gasteiger partial charge in [0.05, 0.1) is 6.10 Å². The normalized spacial score (nSPS) is 23.1. The Morgan fingerprint density at radius 1 is 1.30 bits per heavy atom. The molecule has 20 heavy (non-hydrogen) atoms. The Labute approximate surface area is 116 Å². The van der Waals surface area contributed by atoms with Crippen LogP contribution in [0.2, 0.25) is 0 Å². The molecule has 3 N–H and O–H groups in total. The molecule has 2 fully saturated rings. The highest BCUT2D eigenvalue weighted by molar-refractivity contribution is 5.82. The lowest BCUT2D eigenvalue weighted by molar-refractivity contribution is -0.187. The molecular weight excluding hydrogens is 273 g/mol. The Bertz CT molecular complexity index is 354. The summed E-state index contributed by atoms with van der Waals surface area (Å²) in [5.41, 5.74) is 5.84.